The Hall–Kier alpha value is -2.55. The Balaban J connectivity index is 2.06. The third kappa shape index (κ3) is 4.98. The van der Waals surface area contributed by atoms with Gasteiger partial charge in [0.15, 0.2) is 0 Å². The molecule has 0 saturated carbocycles. The van der Waals surface area contributed by atoms with E-state index in [0.717, 1.165) is 15.6 Å². The average molecular weight is 379 g/mol. The molecule has 0 bridgehead atoms. The van der Waals surface area contributed by atoms with Crippen LogP contribution in [-0.4, -0.2) is 63.7 Å². The smallest absolute Gasteiger partial charge is 0.325 e. The summed E-state index contributed by atoms with van der Waals surface area (Å²) in [5.74, 6) is -2.71. The molecule has 0 spiro atoms. The normalized spacial score (nSPS) is 19.1. The Labute approximate surface area is 156 Å². The van der Waals surface area contributed by atoms with Crippen LogP contribution in [0.25, 0.3) is 0 Å². The van der Waals surface area contributed by atoms with Gasteiger partial charge in [-0.25, -0.2) is 5.01 Å². The maximum absolute atomic E-state index is 12.6. The van der Waals surface area contributed by atoms with Crippen LogP contribution in [0.1, 0.15) is 18.4 Å². The number of amides is 3. The van der Waals surface area contributed by atoms with Crippen molar-refractivity contribution in [2.24, 2.45) is 0 Å². The summed E-state index contributed by atoms with van der Waals surface area (Å²) < 4.78 is 0. The number of nitrogens with one attached hydrogen (secondary N) is 1. The Morgan fingerprint density at radius 1 is 1.31 bits per heavy atom. The van der Waals surface area contributed by atoms with Crippen molar-refractivity contribution in [1.29, 1.82) is 0 Å². The second-order valence-electron chi connectivity index (χ2n) is 6.01. The lowest BCUT2D eigenvalue weighted by molar-refractivity contribution is -0.164. The summed E-state index contributed by atoms with van der Waals surface area (Å²) in [4.78, 5) is 47.9. The molecule has 0 radical (unpaired) electrons. The first kappa shape index (κ1) is 19.8. The van der Waals surface area contributed by atoms with Gasteiger partial charge < -0.3 is 10.4 Å². The van der Waals surface area contributed by atoms with E-state index < -0.39 is 35.6 Å². The molecule has 2 N–H and O–H groups in total. The first-order valence-electron chi connectivity index (χ1n) is 8.11. The molecule has 26 heavy (non-hydrogen) atoms. The quantitative estimate of drug-likeness (QED) is 0.608. The van der Waals surface area contributed by atoms with Crippen molar-refractivity contribution in [3.63, 3.8) is 0 Å². The molecule has 8 nitrogen and oxygen atoms in total. The molecule has 9 heteroatoms. The Morgan fingerprint density at radius 3 is 2.58 bits per heavy atom. The van der Waals surface area contributed by atoms with E-state index >= 15 is 0 Å². The van der Waals surface area contributed by atoms with E-state index in [9.17, 15) is 19.2 Å². The topological polar surface area (TPSA) is 107 Å². The zero-order valence-corrected chi connectivity index (χ0v) is 15.2. The van der Waals surface area contributed by atoms with Crippen molar-refractivity contribution < 1.29 is 24.3 Å². The van der Waals surface area contributed by atoms with Crippen LogP contribution in [0.15, 0.2) is 30.3 Å². The van der Waals surface area contributed by atoms with Gasteiger partial charge in [0.2, 0.25) is 11.8 Å². The first-order valence-corrected chi connectivity index (χ1v) is 8.63. The minimum Gasteiger partial charge on any atom is -0.480 e. The number of hydrogen-bond donors (Lipinski definition) is 3. The predicted octanol–water partition coefficient (Wildman–Crippen LogP) is 0.0927. The summed E-state index contributed by atoms with van der Waals surface area (Å²) >= 11 is 4.30. The molecule has 1 aliphatic heterocycles. The number of hydrogen-bond acceptors (Lipinski definition) is 5. The Morgan fingerprint density at radius 2 is 1.96 bits per heavy atom. The van der Waals surface area contributed by atoms with Crippen molar-refractivity contribution in [1.82, 2.24) is 15.3 Å². The number of aliphatic carboxylic acids is 1. The SMILES string of the molecule is CN1C(=O)CC[C@H](NC(=O)[C@@H](S)Cc2ccccc2)C(=O)N1CC(=O)O. The van der Waals surface area contributed by atoms with Crippen LogP contribution in [0.4, 0.5) is 0 Å². The highest BCUT2D eigenvalue weighted by Crippen LogP contribution is 2.15. The maximum atomic E-state index is 12.6. The van der Waals surface area contributed by atoms with Crippen molar-refractivity contribution in [3.8, 4) is 0 Å². The van der Waals surface area contributed by atoms with Gasteiger partial charge in [0, 0.05) is 13.5 Å². The number of hydrazine groups is 1. The fourth-order valence-corrected chi connectivity index (χ4v) is 2.94. The molecule has 1 saturated heterocycles. The third-order valence-electron chi connectivity index (χ3n) is 4.10. The van der Waals surface area contributed by atoms with Crippen LogP contribution in [-0.2, 0) is 25.6 Å². The van der Waals surface area contributed by atoms with Crippen LogP contribution in [0, 0.1) is 0 Å². The summed E-state index contributed by atoms with van der Waals surface area (Å²) in [6.07, 6.45) is 0.517. The fourth-order valence-electron chi connectivity index (χ4n) is 2.66. The second kappa shape index (κ2) is 8.70. The third-order valence-corrected chi connectivity index (χ3v) is 4.52. The van der Waals surface area contributed by atoms with E-state index in [1.54, 1.807) is 0 Å². The number of benzene rings is 1. The molecule has 3 amide bonds. The van der Waals surface area contributed by atoms with E-state index in [1.807, 2.05) is 30.3 Å². The number of carbonyl (C=O) groups excluding carboxylic acids is 3. The highest BCUT2D eigenvalue weighted by molar-refractivity contribution is 7.81. The Kier molecular flexibility index (Phi) is 6.62. The van der Waals surface area contributed by atoms with Crippen LogP contribution in [0.2, 0.25) is 0 Å². The van der Waals surface area contributed by atoms with E-state index in [2.05, 4.69) is 17.9 Å². The van der Waals surface area contributed by atoms with E-state index in [0.29, 0.717) is 6.42 Å². The Bertz CT molecular complexity index is 697. The number of carboxylic acids is 1. The summed E-state index contributed by atoms with van der Waals surface area (Å²) in [7, 11) is 1.34. The molecule has 140 valence electrons. The van der Waals surface area contributed by atoms with Gasteiger partial charge in [-0.15, -0.1) is 0 Å². The molecular weight excluding hydrogens is 358 g/mol. The van der Waals surface area contributed by atoms with E-state index in [-0.39, 0.29) is 18.7 Å². The van der Waals surface area contributed by atoms with Crippen LogP contribution >= 0.6 is 12.6 Å². The van der Waals surface area contributed by atoms with Crippen LogP contribution in [0.3, 0.4) is 0 Å². The van der Waals surface area contributed by atoms with Gasteiger partial charge in [-0.2, -0.15) is 12.6 Å². The molecule has 1 fully saturated rings. The molecule has 1 aromatic carbocycles. The molecule has 1 aliphatic rings. The molecule has 0 unspecified atom stereocenters. The highest BCUT2D eigenvalue weighted by atomic mass is 32.1. The van der Waals surface area contributed by atoms with Crippen molar-refractivity contribution in [2.45, 2.75) is 30.6 Å². The van der Waals surface area contributed by atoms with Gasteiger partial charge in [0.25, 0.3) is 5.91 Å². The molecule has 1 aromatic rings. The molecule has 0 aliphatic carbocycles. The monoisotopic (exact) mass is 379 g/mol. The lowest BCUT2D eigenvalue weighted by Gasteiger charge is -2.30. The van der Waals surface area contributed by atoms with Gasteiger partial charge >= 0.3 is 5.97 Å². The number of thiol groups is 1. The molecule has 2 rings (SSSR count). The fraction of sp³-hybridized carbons (Fsp3) is 0.412. The lowest BCUT2D eigenvalue weighted by atomic mass is 10.1. The van der Waals surface area contributed by atoms with Gasteiger partial charge in [-0.05, 0) is 18.4 Å². The number of carboxylic acid groups (broad SMARTS) is 1. The first-order chi connectivity index (χ1) is 12.3. The molecule has 2 atom stereocenters. The zero-order valence-electron chi connectivity index (χ0n) is 14.3. The second-order valence-corrected chi connectivity index (χ2v) is 6.64. The van der Waals surface area contributed by atoms with Crippen LogP contribution < -0.4 is 5.32 Å². The standard InChI is InChI=1S/C17H21N3O5S/c1-19-14(21)8-7-12(17(25)20(19)10-15(22)23)18-16(24)13(26)9-11-5-3-2-4-6-11/h2-6,12-13,26H,7-10H2,1H3,(H,18,24)(H,22,23)/t12-,13-/m0/s1. The minimum absolute atomic E-state index is 0.0270. The average Bonchev–Trinajstić information content (AvgIpc) is 2.70. The van der Waals surface area contributed by atoms with Crippen molar-refractivity contribution in [2.75, 3.05) is 13.6 Å². The van der Waals surface area contributed by atoms with Crippen LogP contribution in [0.5, 0.6) is 0 Å². The summed E-state index contributed by atoms with van der Waals surface area (Å²) in [6.45, 7) is -0.651. The molecule has 0 aromatic heterocycles. The van der Waals surface area contributed by atoms with E-state index in [1.165, 1.54) is 7.05 Å². The van der Waals surface area contributed by atoms with Gasteiger partial charge in [0.1, 0.15) is 12.6 Å². The summed E-state index contributed by atoms with van der Waals surface area (Å²) in [6, 6.07) is 8.35. The van der Waals surface area contributed by atoms with Crippen molar-refractivity contribution >= 4 is 36.3 Å². The number of carbonyl (C=O) groups is 4. The number of nitrogens with zero attached hydrogens (tertiary/aromatic N) is 2. The summed E-state index contributed by atoms with van der Waals surface area (Å²) in [5.41, 5.74) is 0.928. The molecule has 1 heterocycles. The lowest BCUT2D eigenvalue weighted by Crippen LogP contribution is -2.54. The number of rotatable bonds is 6. The molecular formula is C17H21N3O5S. The largest absolute Gasteiger partial charge is 0.480 e. The van der Waals surface area contributed by atoms with Gasteiger partial charge in [0.05, 0.1) is 5.25 Å². The maximum Gasteiger partial charge on any atom is 0.325 e. The summed E-state index contributed by atoms with van der Waals surface area (Å²) in [5, 5.41) is 12.7. The zero-order chi connectivity index (χ0) is 19.3. The predicted molar refractivity (Wildman–Crippen MR) is 96.2 cm³/mol. The van der Waals surface area contributed by atoms with Gasteiger partial charge in [-0.3, -0.25) is 24.2 Å². The van der Waals surface area contributed by atoms with E-state index in [4.69, 9.17) is 5.11 Å². The minimum atomic E-state index is -1.25. The highest BCUT2D eigenvalue weighted by Gasteiger charge is 2.36. The van der Waals surface area contributed by atoms with Gasteiger partial charge in [-0.1, -0.05) is 30.3 Å². The van der Waals surface area contributed by atoms with Crippen molar-refractivity contribution in [3.05, 3.63) is 35.9 Å².